The Kier molecular flexibility index (Phi) is 11.3. The molecular weight excluding hydrogens is 614 g/mol. The van der Waals surface area contributed by atoms with E-state index in [1.807, 2.05) is 82.3 Å². The number of benzene rings is 4. The minimum absolute atomic E-state index is 0.00535. The summed E-state index contributed by atoms with van der Waals surface area (Å²) in [5, 5.41) is 3.05. The summed E-state index contributed by atoms with van der Waals surface area (Å²) in [5.41, 5.74) is 2.19. The van der Waals surface area contributed by atoms with Crippen LogP contribution in [0.3, 0.4) is 0 Å². The Hall–Kier alpha value is -4.83. The maximum Gasteiger partial charge on any atom is 0.264 e. The van der Waals surface area contributed by atoms with E-state index in [9.17, 15) is 18.0 Å². The zero-order valence-electron chi connectivity index (χ0n) is 27.8. The molecule has 1 atom stereocenters. The second-order valence-electron chi connectivity index (χ2n) is 12.3. The number of rotatable bonds is 13. The van der Waals surface area contributed by atoms with Crippen molar-refractivity contribution in [1.29, 1.82) is 0 Å². The van der Waals surface area contributed by atoms with Crippen LogP contribution < -0.4 is 19.1 Å². The molecule has 1 N–H and O–H groups in total. The Balaban J connectivity index is 1.87. The molecule has 2 amide bonds. The first-order valence-electron chi connectivity index (χ1n) is 15.3. The highest BCUT2D eigenvalue weighted by molar-refractivity contribution is 7.92. The number of sulfonamides is 1. The Bertz CT molecular complexity index is 1770. The van der Waals surface area contributed by atoms with Crippen molar-refractivity contribution in [2.45, 2.75) is 57.1 Å². The number of carbonyl (C=O) groups is 2. The number of hydrogen-bond donors (Lipinski definition) is 1. The van der Waals surface area contributed by atoms with Crippen LogP contribution in [-0.2, 0) is 32.6 Å². The zero-order valence-corrected chi connectivity index (χ0v) is 28.6. The minimum atomic E-state index is -4.30. The van der Waals surface area contributed by atoms with Crippen LogP contribution in [0.15, 0.2) is 108 Å². The molecule has 0 heterocycles. The number of amides is 2. The van der Waals surface area contributed by atoms with Gasteiger partial charge in [-0.3, -0.25) is 13.9 Å². The first-order valence-corrected chi connectivity index (χ1v) is 16.8. The summed E-state index contributed by atoms with van der Waals surface area (Å²) in [6, 6.07) is 28.8. The molecule has 4 rings (SSSR count). The number of aryl methyl sites for hydroxylation is 1. The molecule has 0 aliphatic carbocycles. The van der Waals surface area contributed by atoms with E-state index in [2.05, 4.69) is 5.32 Å². The van der Waals surface area contributed by atoms with Gasteiger partial charge >= 0.3 is 0 Å². The highest BCUT2D eigenvalue weighted by atomic mass is 32.2. The van der Waals surface area contributed by atoms with Gasteiger partial charge in [0.25, 0.3) is 10.0 Å². The van der Waals surface area contributed by atoms with Gasteiger partial charge in [0.1, 0.15) is 24.1 Å². The first-order chi connectivity index (χ1) is 22.3. The minimum Gasteiger partial charge on any atom is -0.497 e. The predicted octanol–water partition coefficient (Wildman–Crippen LogP) is 5.76. The van der Waals surface area contributed by atoms with Crippen LogP contribution in [0.4, 0.5) is 5.69 Å². The molecule has 4 aromatic rings. The van der Waals surface area contributed by atoms with Crippen molar-refractivity contribution in [2.75, 3.05) is 25.1 Å². The molecule has 0 aliphatic heterocycles. The van der Waals surface area contributed by atoms with Crippen LogP contribution >= 0.6 is 0 Å². The number of ether oxygens (including phenoxy) is 2. The van der Waals surface area contributed by atoms with Gasteiger partial charge in [-0.15, -0.1) is 0 Å². The molecule has 0 bridgehead atoms. The van der Waals surface area contributed by atoms with Gasteiger partial charge in [-0.05, 0) is 63.1 Å². The number of carbonyl (C=O) groups excluding carboxylic acids is 2. The second kappa shape index (κ2) is 15.2. The van der Waals surface area contributed by atoms with E-state index in [-0.39, 0.29) is 35.2 Å². The first kappa shape index (κ1) is 35.0. The van der Waals surface area contributed by atoms with Crippen molar-refractivity contribution in [3.8, 4) is 11.5 Å². The van der Waals surface area contributed by atoms with Crippen LogP contribution in [0.1, 0.15) is 37.5 Å². The van der Waals surface area contributed by atoms with Gasteiger partial charge < -0.3 is 19.7 Å². The van der Waals surface area contributed by atoms with Gasteiger partial charge in [-0.2, -0.15) is 0 Å². The fourth-order valence-corrected chi connectivity index (χ4v) is 6.68. The van der Waals surface area contributed by atoms with Crippen LogP contribution in [0.5, 0.6) is 11.5 Å². The van der Waals surface area contributed by atoms with Crippen molar-refractivity contribution >= 4 is 27.5 Å². The average molecular weight is 658 g/mol. The highest BCUT2D eigenvalue weighted by Crippen LogP contribution is 2.36. The fraction of sp³-hybridized carbons (Fsp3) is 0.297. The van der Waals surface area contributed by atoms with E-state index in [4.69, 9.17) is 9.47 Å². The quantitative estimate of drug-likeness (QED) is 0.196. The van der Waals surface area contributed by atoms with Crippen molar-refractivity contribution < 1.29 is 27.5 Å². The van der Waals surface area contributed by atoms with Crippen molar-refractivity contribution in [2.24, 2.45) is 0 Å². The van der Waals surface area contributed by atoms with Gasteiger partial charge in [0, 0.05) is 24.6 Å². The normalized spacial score (nSPS) is 12.1. The van der Waals surface area contributed by atoms with Gasteiger partial charge in [-0.1, -0.05) is 78.4 Å². The van der Waals surface area contributed by atoms with Crippen LogP contribution in [0.25, 0.3) is 0 Å². The highest BCUT2D eigenvalue weighted by Gasteiger charge is 2.36. The number of anilines is 1. The third-order valence-electron chi connectivity index (χ3n) is 7.47. The van der Waals surface area contributed by atoms with Crippen LogP contribution in [-0.4, -0.2) is 57.5 Å². The standard InChI is InChI=1S/C37H43N3O6S/c1-27-14-13-17-29(22-27)25-39(33(36(42)38-37(2,3)4)23-28-15-9-7-10-16-28)35(41)26-40(47(43,44)31-18-11-8-12-19-31)32-24-30(45-5)20-21-34(32)46-6/h7-22,24,33H,23,25-26H2,1-6H3,(H,38,42). The summed E-state index contributed by atoms with van der Waals surface area (Å²) in [6.07, 6.45) is 0.216. The predicted molar refractivity (Wildman–Crippen MR) is 184 cm³/mol. The average Bonchev–Trinajstić information content (AvgIpc) is 3.04. The molecular formula is C37H43N3O6S. The van der Waals surface area contributed by atoms with Crippen molar-refractivity contribution in [1.82, 2.24) is 10.2 Å². The maximum absolute atomic E-state index is 14.7. The van der Waals surface area contributed by atoms with Gasteiger partial charge in [0.15, 0.2) is 0 Å². The molecule has 0 spiro atoms. The second-order valence-corrected chi connectivity index (χ2v) is 14.2. The molecule has 0 fully saturated rings. The summed E-state index contributed by atoms with van der Waals surface area (Å²) in [6.45, 7) is 7.04. The van der Waals surface area contributed by atoms with Crippen molar-refractivity contribution in [3.05, 3.63) is 120 Å². The lowest BCUT2D eigenvalue weighted by Crippen LogP contribution is -2.56. The Morgan fingerprint density at radius 2 is 1.45 bits per heavy atom. The zero-order chi connectivity index (χ0) is 34.2. The summed E-state index contributed by atoms with van der Waals surface area (Å²) in [4.78, 5) is 30.2. The van der Waals surface area contributed by atoms with E-state index in [1.165, 1.54) is 37.3 Å². The molecule has 47 heavy (non-hydrogen) atoms. The maximum atomic E-state index is 14.7. The summed E-state index contributed by atoms with van der Waals surface area (Å²) < 4.78 is 40.7. The summed E-state index contributed by atoms with van der Waals surface area (Å²) in [7, 11) is -1.41. The van der Waals surface area contributed by atoms with E-state index in [1.54, 1.807) is 30.3 Å². The lowest BCUT2D eigenvalue weighted by molar-refractivity contribution is -0.140. The molecule has 9 nitrogen and oxygen atoms in total. The SMILES string of the molecule is COc1ccc(OC)c(N(CC(=O)N(Cc2cccc(C)c2)C(Cc2ccccc2)C(=O)NC(C)(C)C)S(=O)(=O)c2ccccc2)c1. The molecule has 248 valence electrons. The monoisotopic (exact) mass is 657 g/mol. The lowest BCUT2D eigenvalue weighted by Gasteiger charge is -2.35. The fourth-order valence-electron chi connectivity index (χ4n) is 5.24. The number of nitrogens with one attached hydrogen (secondary N) is 1. The smallest absolute Gasteiger partial charge is 0.264 e. The number of methoxy groups -OCH3 is 2. The van der Waals surface area contributed by atoms with Gasteiger partial charge in [0.2, 0.25) is 11.8 Å². The number of nitrogens with zero attached hydrogens (tertiary/aromatic N) is 2. The molecule has 0 radical (unpaired) electrons. The topological polar surface area (TPSA) is 105 Å². The van der Waals surface area contributed by atoms with E-state index in [0.29, 0.717) is 5.75 Å². The number of hydrogen-bond acceptors (Lipinski definition) is 6. The summed E-state index contributed by atoms with van der Waals surface area (Å²) in [5.74, 6) is -0.307. The summed E-state index contributed by atoms with van der Waals surface area (Å²) >= 11 is 0. The Labute approximate surface area is 278 Å². The van der Waals surface area contributed by atoms with Crippen LogP contribution in [0, 0.1) is 6.92 Å². The third-order valence-corrected chi connectivity index (χ3v) is 9.24. The lowest BCUT2D eigenvalue weighted by atomic mass is 10.0. The molecule has 0 aromatic heterocycles. The Morgan fingerprint density at radius 3 is 2.04 bits per heavy atom. The largest absolute Gasteiger partial charge is 0.497 e. The Morgan fingerprint density at radius 1 is 0.809 bits per heavy atom. The van der Waals surface area contributed by atoms with Crippen molar-refractivity contribution in [3.63, 3.8) is 0 Å². The van der Waals surface area contributed by atoms with E-state index in [0.717, 1.165) is 21.0 Å². The molecule has 0 saturated carbocycles. The van der Waals surface area contributed by atoms with Gasteiger partial charge in [-0.25, -0.2) is 8.42 Å². The third kappa shape index (κ3) is 9.13. The van der Waals surface area contributed by atoms with E-state index < -0.39 is 34.1 Å². The molecule has 4 aromatic carbocycles. The molecule has 0 saturated heterocycles. The van der Waals surface area contributed by atoms with Crippen LogP contribution in [0.2, 0.25) is 0 Å². The molecule has 1 unspecified atom stereocenters. The van der Waals surface area contributed by atoms with Gasteiger partial charge in [0.05, 0.1) is 24.8 Å². The molecule has 10 heteroatoms. The molecule has 0 aliphatic rings. The van der Waals surface area contributed by atoms with E-state index >= 15 is 0 Å².